The van der Waals surface area contributed by atoms with Crippen LogP contribution in [0, 0.1) is 5.41 Å². The number of nitrogens with one attached hydrogen (secondary N) is 1. The molecule has 1 heterocycles. The van der Waals surface area contributed by atoms with Crippen molar-refractivity contribution in [2.45, 2.75) is 45.9 Å². The van der Waals surface area contributed by atoms with Gasteiger partial charge in [-0.1, -0.05) is 6.92 Å². The number of ether oxygens (including phenoxy) is 3. The molecular weight excluding hydrogens is 186 g/mol. The summed E-state index contributed by atoms with van der Waals surface area (Å²) in [4.78, 5) is 11.2. The first kappa shape index (κ1) is 11.1. The van der Waals surface area contributed by atoms with Gasteiger partial charge in [0.15, 0.2) is 6.29 Å². The lowest BCUT2D eigenvalue weighted by atomic mass is 10.3. The number of hydrogen-bond acceptors (Lipinski definition) is 5. The molecule has 0 atom stereocenters. The predicted octanol–water partition coefficient (Wildman–Crippen LogP) is 1.42. The van der Waals surface area contributed by atoms with Gasteiger partial charge in [-0.05, 0) is 13.8 Å². The highest BCUT2D eigenvalue weighted by molar-refractivity contribution is 5.95. The van der Waals surface area contributed by atoms with E-state index in [0.29, 0.717) is 6.42 Å². The van der Waals surface area contributed by atoms with Crippen molar-refractivity contribution >= 4 is 11.7 Å². The van der Waals surface area contributed by atoms with Crippen molar-refractivity contribution < 1.29 is 19.0 Å². The van der Waals surface area contributed by atoms with Crippen LogP contribution >= 0.6 is 0 Å². The minimum Gasteiger partial charge on any atom is -0.407 e. The molecule has 0 amide bonds. The van der Waals surface area contributed by atoms with Gasteiger partial charge in [0.2, 0.25) is 0 Å². The third kappa shape index (κ3) is 2.52. The fraction of sp³-hybridized carbons (Fsp3) is 0.778. The standard InChI is InChI=1S/C9H15NO4/c1-4-9(12-7(3)13-9)14-8(11)5-6(2)10/h7,10H,4-5H2,1-3H3. The molecule has 0 spiro atoms. The molecule has 0 saturated carbocycles. The van der Waals surface area contributed by atoms with Crippen molar-refractivity contribution in [1.29, 1.82) is 5.41 Å². The van der Waals surface area contributed by atoms with Crippen molar-refractivity contribution in [3.05, 3.63) is 0 Å². The molecule has 0 bridgehead atoms. The highest BCUT2D eigenvalue weighted by Gasteiger charge is 2.47. The largest absolute Gasteiger partial charge is 0.407 e. The second kappa shape index (κ2) is 4.06. The van der Waals surface area contributed by atoms with Gasteiger partial charge >= 0.3 is 11.9 Å². The van der Waals surface area contributed by atoms with Crippen LogP contribution in [0.1, 0.15) is 33.6 Å². The number of carbonyl (C=O) groups excluding carboxylic acids is 1. The lowest BCUT2D eigenvalue weighted by Crippen LogP contribution is -2.54. The Balaban J connectivity index is 2.42. The summed E-state index contributed by atoms with van der Waals surface area (Å²) >= 11 is 0. The van der Waals surface area contributed by atoms with Crippen molar-refractivity contribution in [2.24, 2.45) is 0 Å². The molecule has 5 nitrogen and oxygen atoms in total. The van der Waals surface area contributed by atoms with Crippen LogP contribution in [0.5, 0.6) is 0 Å². The molecule has 0 aromatic carbocycles. The molecule has 1 saturated heterocycles. The highest BCUT2D eigenvalue weighted by Crippen LogP contribution is 2.33. The van der Waals surface area contributed by atoms with E-state index in [1.807, 2.05) is 0 Å². The van der Waals surface area contributed by atoms with E-state index in [2.05, 4.69) is 0 Å². The zero-order valence-electron chi connectivity index (χ0n) is 8.62. The summed E-state index contributed by atoms with van der Waals surface area (Å²) in [6.45, 7) is 5.07. The Bertz CT molecular complexity index is 245. The second-order valence-corrected chi connectivity index (χ2v) is 3.27. The Labute approximate surface area is 82.8 Å². The van der Waals surface area contributed by atoms with Gasteiger partial charge in [0.05, 0.1) is 6.42 Å². The fourth-order valence-corrected chi connectivity index (χ4v) is 1.23. The van der Waals surface area contributed by atoms with Crippen LogP contribution in [0.15, 0.2) is 0 Å². The van der Waals surface area contributed by atoms with Crippen molar-refractivity contribution in [3.63, 3.8) is 0 Å². The van der Waals surface area contributed by atoms with Crippen LogP contribution in [0.2, 0.25) is 0 Å². The molecule has 1 rings (SSSR count). The topological polar surface area (TPSA) is 68.6 Å². The molecule has 1 N–H and O–H groups in total. The fourth-order valence-electron chi connectivity index (χ4n) is 1.23. The van der Waals surface area contributed by atoms with E-state index in [9.17, 15) is 4.79 Å². The minimum atomic E-state index is -1.20. The van der Waals surface area contributed by atoms with E-state index in [0.717, 1.165) is 0 Å². The molecule has 0 aromatic heterocycles. The molecule has 0 unspecified atom stereocenters. The lowest BCUT2D eigenvalue weighted by molar-refractivity contribution is -0.523. The highest BCUT2D eigenvalue weighted by atomic mass is 17.0. The van der Waals surface area contributed by atoms with Crippen LogP contribution in [-0.2, 0) is 19.0 Å². The maximum Gasteiger partial charge on any atom is 0.333 e. The molecule has 5 heteroatoms. The van der Waals surface area contributed by atoms with E-state index in [-0.39, 0.29) is 18.4 Å². The van der Waals surface area contributed by atoms with Gasteiger partial charge in [-0.2, -0.15) is 0 Å². The molecule has 1 aliphatic heterocycles. The van der Waals surface area contributed by atoms with E-state index in [1.165, 1.54) is 0 Å². The molecule has 0 aliphatic carbocycles. The summed E-state index contributed by atoms with van der Waals surface area (Å²) in [5.74, 6) is -1.70. The zero-order valence-corrected chi connectivity index (χ0v) is 8.62. The summed E-state index contributed by atoms with van der Waals surface area (Å²) in [5, 5.41) is 7.12. The molecule has 1 aliphatic rings. The SMILES string of the molecule is CCC1(OC(=O)CC(C)=N)OC(C)O1. The maximum absolute atomic E-state index is 11.2. The molecule has 1 fully saturated rings. The quantitative estimate of drug-likeness (QED) is 0.551. The number of esters is 1. The van der Waals surface area contributed by atoms with Crippen LogP contribution in [0.25, 0.3) is 0 Å². The van der Waals surface area contributed by atoms with E-state index < -0.39 is 11.9 Å². The Morgan fingerprint density at radius 1 is 1.57 bits per heavy atom. The summed E-state index contributed by atoms with van der Waals surface area (Å²) in [5.41, 5.74) is 0.258. The molecule has 14 heavy (non-hydrogen) atoms. The van der Waals surface area contributed by atoms with E-state index >= 15 is 0 Å². The lowest BCUT2D eigenvalue weighted by Gasteiger charge is -2.43. The van der Waals surface area contributed by atoms with E-state index in [4.69, 9.17) is 19.6 Å². The normalized spacial score (nSPS) is 30.6. The molecule has 0 aromatic rings. The number of hydrogen-bond donors (Lipinski definition) is 1. The average Bonchev–Trinajstić information content (AvgIpc) is 1.99. The van der Waals surface area contributed by atoms with Gasteiger partial charge in [0.1, 0.15) is 0 Å². The number of rotatable bonds is 4. The zero-order chi connectivity index (χ0) is 10.8. The van der Waals surface area contributed by atoms with Gasteiger partial charge in [0.25, 0.3) is 0 Å². The first-order chi connectivity index (χ1) is 6.47. The summed E-state index contributed by atoms with van der Waals surface area (Å²) in [6.07, 6.45) is 0.0898. The van der Waals surface area contributed by atoms with E-state index in [1.54, 1.807) is 20.8 Å². The minimum absolute atomic E-state index is 0.0249. The Morgan fingerprint density at radius 3 is 2.50 bits per heavy atom. The van der Waals surface area contributed by atoms with Gasteiger partial charge in [0, 0.05) is 12.1 Å². The van der Waals surface area contributed by atoms with Crippen LogP contribution in [0.4, 0.5) is 0 Å². The molecular formula is C9H15NO4. The van der Waals surface area contributed by atoms with Gasteiger partial charge in [-0.3, -0.25) is 14.3 Å². The Hall–Kier alpha value is -0.940. The van der Waals surface area contributed by atoms with Gasteiger partial charge < -0.3 is 10.1 Å². The molecule has 80 valence electrons. The van der Waals surface area contributed by atoms with Crippen molar-refractivity contribution in [1.82, 2.24) is 0 Å². The third-order valence-corrected chi connectivity index (χ3v) is 1.80. The Morgan fingerprint density at radius 2 is 2.14 bits per heavy atom. The third-order valence-electron chi connectivity index (χ3n) is 1.80. The number of carbonyl (C=O) groups is 1. The first-order valence-electron chi connectivity index (χ1n) is 4.59. The summed E-state index contributed by atoms with van der Waals surface area (Å²) < 4.78 is 15.4. The molecule has 0 radical (unpaired) electrons. The smallest absolute Gasteiger partial charge is 0.333 e. The Kier molecular flexibility index (Phi) is 3.23. The maximum atomic E-state index is 11.2. The summed E-state index contributed by atoms with van der Waals surface area (Å²) in [6, 6.07) is 0. The van der Waals surface area contributed by atoms with Crippen LogP contribution < -0.4 is 0 Å². The van der Waals surface area contributed by atoms with Crippen LogP contribution in [-0.4, -0.2) is 23.9 Å². The second-order valence-electron chi connectivity index (χ2n) is 3.27. The van der Waals surface area contributed by atoms with Crippen molar-refractivity contribution in [2.75, 3.05) is 0 Å². The van der Waals surface area contributed by atoms with Crippen LogP contribution in [0.3, 0.4) is 0 Å². The monoisotopic (exact) mass is 201 g/mol. The average molecular weight is 201 g/mol. The summed E-state index contributed by atoms with van der Waals surface area (Å²) in [7, 11) is 0. The van der Waals surface area contributed by atoms with Crippen molar-refractivity contribution in [3.8, 4) is 0 Å². The predicted molar refractivity (Wildman–Crippen MR) is 48.8 cm³/mol. The van der Waals surface area contributed by atoms with Gasteiger partial charge in [-0.15, -0.1) is 0 Å². The first-order valence-corrected chi connectivity index (χ1v) is 4.59. The van der Waals surface area contributed by atoms with Gasteiger partial charge in [-0.25, -0.2) is 0 Å².